The molecule has 8 nitrogen and oxygen atoms in total. The minimum Gasteiger partial charge on any atom is -0.382 e. The van der Waals surface area contributed by atoms with E-state index in [4.69, 9.17) is 16.4 Å². The molecule has 0 aliphatic carbocycles. The maximum absolute atomic E-state index is 14.0. The van der Waals surface area contributed by atoms with E-state index in [1.807, 2.05) is 24.7 Å². The number of hydrogen-bond acceptors (Lipinski definition) is 5. The monoisotopic (exact) mass is 430 g/mol. The minimum absolute atomic E-state index is 0.148. The van der Waals surface area contributed by atoms with E-state index < -0.39 is 11.9 Å². The Hall–Kier alpha value is -3.20. The van der Waals surface area contributed by atoms with E-state index in [0.29, 0.717) is 28.5 Å². The van der Waals surface area contributed by atoms with Crippen molar-refractivity contribution in [2.75, 3.05) is 5.32 Å². The summed E-state index contributed by atoms with van der Waals surface area (Å²) in [4.78, 5) is 17.9. The van der Waals surface area contributed by atoms with Crippen LogP contribution in [0.2, 0.25) is 5.02 Å². The Balaban J connectivity index is 1.38. The Bertz CT molecular complexity index is 1100. The van der Waals surface area contributed by atoms with Crippen molar-refractivity contribution in [2.45, 2.75) is 39.5 Å². The first kappa shape index (κ1) is 20.1. The molecule has 1 amide bonds. The second-order valence-corrected chi connectivity index (χ2v) is 7.32. The first-order valence-electron chi connectivity index (χ1n) is 9.49. The molecule has 1 unspecified atom stereocenters. The summed E-state index contributed by atoms with van der Waals surface area (Å²) in [5.74, 6) is -0.433. The van der Waals surface area contributed by atoms with Gasteiger partial charge in [-0.25, -0.2) is 4.39 Å². The van der Waals surface area contributed by atoms with E-state index >= 15 is 0 Å². The van der Waals surface area contributed by atoms with Crippen molar-refractivity contribution in [3.63, 3.8) is 0 Å². The van der Waals surface area contributed by atoms with Crippen LogP contribution < -0.4 is 5.32 Å². The number of rotatable bonds is 6. The molecule has 1 aromatic carbocycles. The van der Waals surface area contributed by atoms with E-state index in [-0.39, 0.29) is 12.5 Å². The zero-order chi connectivity index (χ0) is 21.3. The molecule has 0 saturated heterocycles. The van der Waals surface area contributed by atoms with Crippen LogP contribution in [0.4, 0.5) is 10.2 Å². The minimum atomic E-state index is -0.754. The molecule has 3 heterocycles. The molecule has 1 aliphatic rings. The molecule has 2 aromatic heterocycles. The van der Waals surface area contributed by atoms with Gasteiger partial charge in [-0.05, 0) is 26.0 Å². The number of oxime groups is 1. The number of amides is 1. The SMILES string of the molecule is CCn1cc(C2=NOC(C(=O)Nc3ccn(Cc4c(F)cccc4Cl)n3)C2)c(C)n1. The molecule has 1 atom stereocenters. The number of carbonyl (C=O) groups is 1. The Kier molecular flexibility index (Phi) is 5.54. The summed E-state index contributed by atoms with van der Waals surface area (Å²) < 4.78 is 17.3. The fraction of sp³-hybridized carbons (Fsp3) is 0.300. The molecule has 1 N–H and O–H groups in total. The summed E-state index contributed by atoms with van der Waals surface area (Å²) in [6.07, 6.45) is 3.12. The fourth-order valence-corrected chi connectivity index (χ4v) is 3.43. The molecular weight excluding hydrogens is 411 g/mol. The Labute approximate surface area is 177 Å². The smallest absolute Gasteiger partial charge is 0.269 e. The number of halogens is 2. The highest BCUT2D eigenvalue weighted by atomic mass is 35.5. The van der Waals surface area contributed by atoms with Crippen LogP contribution in [-0.4, -0.2) is 37.3 Å². The van der Waals surface area contributed by atoms with Gasteiger partial charge in [0.15, 0.2) is 5.82 Å². The van der Waals surface area contributed by atoms with Crippen molar-refractivity contribution in [3.8, 4) is 0 Å². The molecule has 0 saturated carbocycles. The van der Waals surface area contributed by atoms with Crippen LogP contribution >= 0.6 is 11.6 Å². The van der Waals surface area contributed by atoms with E-state index in [0.717, 1.165) is 17.8 Å². The number of benzene rings is 1. The number of anilines is 1. The van der Waals surface area contributed by atoms with Crippen LogP contribution in [0.1, 0.15) is 30.2 Å². The maximum atomic E-state index is 14.0. The van der Waals surface area contributed by atoms with Gasteiger partial charge in [-0.3, -0.25) is 14.2 Å². The summed E-state index contributed by atoms with van der Waals surface area (Å²) in [5.41, 5.74) is 2.73. The summed E-state index contributed by atoms with van der Waals surface area (Å²) in [6, 6.07) is 6.13. The van der Waals surface area contributed by atoms with Gasteiger partial charge in [0, 0.05) is 47.6 Å². The highest BCUT2D eigenvalue weighted by molar-refractivity contribution is 6.31. The molecule has 0 bridgehead atoms. The Morgan fingerprint density at radius 3 is 2.90 bits per heavy atom. The lowest BCUT2D eigenvalue weighted by Crippen LogP contribution is -2.28. The van der Waals surface area contributed by atoms with Crippen molar-refractivity contribution in [2.24, 2.45) is 5.16 Å². The summed E-state index contributed by atoms with van der Waals surface area (Å²) >= 11 is 6.06. The largest absolute Gasteiger partial charge is 0.382 e. The molecule has 4 rings (SSSR count). The standard InChI is InChI=1S/C20H20ClFN6O2/c1-3-27-10-13(12(2)24-27)17-9-18(30-26-17)20(29)23-19-7-8-28(25-19)11-14-15(21)5-4-6-16(14)22/h4-8,10,18H,3,9,11H2,1-2H3,(H,23,25,29). The van der Waals surface area contributed by atoms with Crippen LogP contribution in [-0.2, 0) is 22.7 Å². The van der Waals surface area contributed by atoms with E-state index in [1.54, 1.807) is 24.4 Å². The van der Waals surface area contributed by atoms with Gasteiger partial charge in [0.25, 0.3) is 5.91 Å². The van der Waals surface area contributed by atoms with Gasteiger partial charge in [-0.2, -0.15) is 10.2 Å². The van der Waals surface area contributed by atoms with Gasteiger partial charge in [0.2, 0.25) is 6.10 Å². The van der Waals surface area contributed by atoms with Crippen LogP contribution in [0, 0.1) is 12.7 Å². The maximum Gasteiger partial charge on any atom is 0.269 e. The third-order valence-electron chi connectivity index (χ3n) is 4.82. The average Bonchev–Trinajstić information content (AvgIpc) is 3.44. The van der Waals surface area contributed by atoms with Gasteiger partial charge >= 0.3 is 0 Å². The lowest BCUT2D eigenvalue weighted by atomic mass is 10.1. The highest BCUT2D eigenvalue weighted by Crippen LogP contribution is 2.22. The number of aryl methyl sites for hydroxylation is 2. The van der Waals surface area contributed by atoms with Gasteiger partial charge < -0.3 is 10.2 Å². The van der Waals surface area contributed by atoms with Gasteiger partial charge in [-0.15, -0.1) is 0 Å². The number of hydrogen-bond donors (Lipinski definition) is 1. The topological polar surface area (TPSA) is 86.3 Å². The zero-order valence-corrected chi connectivity index (χ0v) is 17.2. The molecule has 3 aromatic rings. The summed E-state index contributed by atoms with van der Waals surface area (Å²) in [5, 5.41) is 15.7. The van der Waals surface area contributed by atoms with E-state index in [1.165, 1.54) is 10.7 Å². The fourth-order valence-electron chi connectivity index (χ4n) is 3.21. The van der Waals surface area contributed by atoms with Crippen LogP contribution in [0.5, 0.6) is 0 Å². The third-order valence-corrected chi connectivity index (χ3v) is 5.17. The van der Waals surface area contributed by atoms with Crippen LogP contribution in [0.25, 0.3) is 0 Å². The molecule has 10 heteroatoms. The first-order chi connectivity index (χ1) is 14.4. The summed E-state index contributed by atoms with van der Waals surface area (Å²) in [7, 11) is 0. The molecular formula is C20H20ClFN6O2. The lowest BCUT2D eigenvalue weighted by Gasteiger charge is -2.08. The molecule has 0 fully saturated rings. The van der Waals surface area contributed by atoms with Crippen LogP contribution in [0.15, 0.2) is 41.8 Å². The average molecular weight is 431 g/mol. The molecule has 0 spiro atoms. The quantitative estimate of drug-likeness (QED) is 0.649. The normalized spacial score (nSPS) is 15.7. The van der Waals surface area contributed by atoms with Gasteiger partial charge in [0.05, 0.1) is 18.0 Å². The molecule has 1 aliphatic heterocycles. The van der Waals surface area contributed by atoms with Crippen LogP contribution in [0.3, 0.4) is 0 Å². The second kappa shape index (κ2) is 8.27. The van der Waals surface area contributed by atoms with Crippen molar-refractivity contribution in [1.82, 2.24) is 19.6 Å². The number of nitrogens with one attached hydrogen (secondary N) is 1. The Morgan fingerprint density at radius 2 is 2.17 bits per heavy atom. The first-order valence-corrected chi connectivity index (χ1v) is 9.86. The van der Waals surface area contributed by atoms with Gasteiger partial charge in [0.1, 0.15) is 5.82 Å². The molecule has 156 valence electrons. The highest BCUT2D eigenvalue weighted by Gasteiger charge is 2.30. The predicted molar refractivity (Wildman–Crippen MR) is 110 cm³/mol. The van der Waals surface area contributed by atoms with Gasteiger partial charge in [-0.1, -0.05) is 22.8 Å². The third kappa shape index (κ3) is 4.06. The van der Waals surface area contributed by atoms with E-state index in [9.17, 15) is 9.18 Å². The van der Waals surface area contributed by atoms with Crippen molar-refractivity contribution >= 4 is 29.0 Å². The lowest BCUT2D eigenvalue weighted by molar-refractivity contribution is -0.125. The molecule has 0 radical (unpaired) electrons. The second-order valence-electron chi connectivity index (χ2n) is 6.91. The number of aromatic nitrogens is 4. The van der Waals surface area contributed by atoms with E-state index in [2.05, 4.69) is 20.7 Å². The molecule has 30 heavy (non-hydrogen) atoms. The van der Waals surface area contributed by atoms with Crippen molar-refractivity contribution < 1.29 is 14.0 Å². The predicted octanol–water partition coefficient (Wildman–Crippen LogP) is 3.38. The number of carbonyl (C=O) groups excluding carboxylic acids is 1. The van der Waals surface area contributed by atoms with Crippen molar-refractivity contribution in [3.05, 3.63) is 64.3 Å². The summed E-state index contributed by atoms with van der Waals surface area (Å²) in [6.45, 7) is 4.79. The zero-order valence-electron chi connectivity index (χ0n) is 16.5. The van der Waals surface area contributed by atoms with Crippen molar-refractivity contribution in [1.29, 1.82) is 0 Å². The number of nitrogens with zero attached hydrogens (tertiary/aromatic N) is 5. The Morgan fingerprint density at radius 1 is 1.33 bits per heavy atom.